The van der Waals surface area contributed by atoms with Crippen LogP contribution in [0.1, 0.15) is 36.1 Å². The van der Waals surface area contributed by atoms with Crippen LogP contribution in [0.3, 0.4) is 0 Å². The van der Waals surface area contributed by atoms with Crippen LogP contribution in [0.15, 0.2) is 24.3 Å². The van der Waals surface area contributed by atoms with Crippen LogP contribution in [-0.2, 0) is 11.2 Å². The smallest absolute Gasteiger partial charge is 0.237 e. The number of fused-ring (bicyclic) bond motifs is 1. The average molecular weight is 279 g/mol. The highest BCUT2D eigenvalue weighted by atomic mass is 32.2. The van der Waals surface area contributed by atoms with E-state index in [1.807, 2.05) is 25.1 Å². The zero-order valence-corrected chi connectivity index (χ0v) is 12.1. The molecule has 0 fully saturated rings. The van der Waals surface area contributed by atoms with Gasteiger partial charge in [0.25, 0.3) is 0 Å². The molecule has 1 aromatic rings. The SMILES string of the molecule is CCC(O)CCNC(=O)C1SCCc2ccccc21. The maximum atomic E-state index is 12.2. The van der Waals surface area contributed by atoms with Gasteiger partial charge in [-0.25, -0.2) is 0 Å². The van der Waals surface area contributed by atoms with Gasteiger partial charge in [-0.15, -0.1) is 11.8 Å². The number of rotatable bonds is 5. The lowest BCUT2D eigenvalue weighted by molar-refractivity contribution is -0.120. The second-order valence-electron chi connectivity index (χ2n) is 4.84. The molecule has 104 valence electrons. The van der Waals surface area contributed by atoms with Crippen LogP contribution in [0.25, 0.3) is 0 Å². The number of carbonyl (C=O) groups excluding carboxylic acids is 1. The molecule has 0 aromatic heterocycles. The molecule has 2 unspecified atom stereocenters. The minimum Gasteiger partial charge on any atom is -0.393 e. The molecular formula is C15H21NO2S. The second kappa shape index (κ2) is 6.96. The highest BCUT2D eigenvalue weighted by molar-refractivity contribution is 8.00. The van der Waals surface area contributed by atoms with Crippen molar-refractivity contribution in [3.63, 3.8) is 0 Å². The zero-order valence-electron chi connectivity index (χ0n) is 11.3. The van der Waals surface area contributed by atoms with Crippen molar-refractivity contribution in [2.24, 2.45) is 0 Å². The van der Waals surface area contributed by atoms with Gasteiger partial charge in [0.2, 0.25) is 5.91 Å². The standard InChI is InChI=1S/C15H21NO2S/c1-2-12(17)7-9-16-15(18)14-13-6-4-3-5-11(13)8-10-19-14/h3-6,12,14,17H,2,7-10H2,1H3,(H,16,18). The monoisotopic (exact) mass is 279 g/mol. The molecular weight excluding hydrogens is 258 g/mol. The Labute approximate surface area is 118 Å². The number of aliphatic hydroxyl groups is 1. The van der Waals surface area contributed by atoms with Gasteiger partial charge in [-0.2, -0.15) is 0 Å². The van der Waals surface area contributed by atoms with Gasteiger partial charge < -0.3 is 10.4 Å². The van der Waals surface area contributed by atoms with Crippen molar-refractivity contribution >= 4 is 17.7 Å². The normalized spacial score (nSPS) is 19.6. The number of aliphatic hydroxyl groups excluding tert-OH is 1. The summed E-state index contributed by atoms with van der Waals surface area (Å²) >= 11 is 1.70. The molecule has 19 heavy (non-hydrogen) atoms. The molecule has 0 radical (unpaired) electrons. The van der Waals surface area contributed by atoms with E-state index in [1.54, 1.807) is 11.8 Å². The van der Waals surface area contributed by atoms with Crippen molar-refractivity contribution < 1.29 is 9.90 Å². The summed E-state index contributed by atoms with van der Waals surface area (Å²) in [5.74, 6) is 1.06. The number of hydrogen-bond donors (Lipinski definition) is 2. The van der Waals surface area contributed by atoms with Crippen LogP contribution in [0.2, 0.25) is 0 Å². The van der Waals surface area contributed by atoms with E-state index in [0.29, 0.717) is 13.0 Å². The minimum atomic E-state index is -0.313. The predicted molar refractivity (Wildman–Crippen MR) is 79.3 cm³/mol. The molecule has 0 bridgehead atoms. The molecule has 2 atom stereocenters. The van der Waals surface area contributed by atoms with Gasteiger partial charge in [0.15, 0.2) is 0 Å². The molecule has 0 saturated heterocycles. The number of carbonyl (C=O) groups is 1. The largest absolute Gasteiger partial charge is 0.393 e. The molecule has 0 spiro atoms. The first-order valence-electron chi connectivity index (χ1n) is 6.87. The van der Waals surface area contributed by atoms with E-state index < -0.39 is 0 Å². The molecule has 1 aromatic carbocycles. The molecule has 1 amide bonds. The highest BCUT2D eigenvalue weighted by Gasteiger charge is 2.26. The Hall–Kier alpha value is -1.00. The van der Waals surface area contributed by atoms with E-state index in [2.05, 4.69) is 11.4 Å². The van der Waals surface area contributed by atoms with E-state index in [1.165, 1.54) is 5.56 Å². The van der Waals surface area contributed by atoms with Crippen LogP contribution in [0.5, 0.6) is 0 Å². The predicted octanol–water partition coefficient (Wildman–Crippen LogP) is 2.29. The fraction of sp³-hybridized carbons (Fsp3) is 0.533. The molecule has 1 aliphatic rings. The topological polar surface area (TPSA) is 49.3 Å². The summed E-state index contributed by atoms with van der Waals surface area (Å²) in [4.78, 5) is 12.2. The van der Waals surface area contributed by atoms with E-state index >= 15 is 0 Å². The lowest BCUT2D eigenvalue weighted by Gasteiger charge is -2.24. The Balaban J connectivity index is 1.93. The molecule has 2 rings (SSSR count). The third-order valence-corrected chi connectivity index (χ3v) is 4.72. The quantitative estimate of drug-likeness (QED) is 0.869. The lowest BCUT2D eigenvalue weighted by atomic mass is 10.0. The Bertz CT molecular complexity index is 436. The maximum absolute atomic E-state index is 12.2. The van der Waals surface area contributed by atoms with Gasteiger partial charge in [0.1, 0.15) is 5.25 Å². The van der Waals surface area contributed by atoms with Gasteiger partial charge >= 0.3 is 0 Å². The maximum Gasteiger partial charge on any atom is 0.237 e. The molecule has 1 heterocycles. The van der Waals surface area contributed by atoms with E-state index in [9.17, 15) is 9.90 Å². The fourth-order valence-corrected chi connectivity index (χ4v) is 3.49. The van der Waals surface area contributed by atoms with Gasteiger partial charge in [0.05, 0.1) is 6.10 Å². The number of hydrogen-bond acceptors (Lipinski definition) is 3. The van der Waals surface area contributed by atoms with Crippen LogP contribution in [-0.4, -0.2) is 29.4 Å². The summed E-state index contributed by atoms with van der Waals surface area (Å²) in [5.41, 5.74) is 2.43. The number of amides is 1. The molecule has 3 nitrogen and oxygen atoms in total. The summed E-state index contributed by atoms with van der Waals surface area (Å²) in [6, 6.07) is 8.18. The summed E-state index contributed by atoms with van der Waals surface area (Å²) in [6.45, 7) is 2.49. The third-order valence-electron chi connectivity index (χ3n) is 3.48. The first kappa shape index (κ1) is 14.4. The number of thioether (sulfide) groups is 1. The van der Waals surface area contributed by atoms with Crippen LogP contribution >= 0.6 is 11.8 Å². The number of nitrogens with one attached hydrogen (secondary N) is 1. The average Bonchev–Trinajstić information content (AvgIpc) is 2.46. The molecule has 1 aliphatic heterocycles. The Morgan fingerprint density at radius 1 is 1.53 bits per heavy atom. The van der Waals surface area contributed by atoms with Crippen molar-refractivity contribution in [1.82, 2.24) is 5.32 Å². The molecule has 2 N–H and O–H groups in total. The van der Waals surface area contributed by atoms with Gasteiger partial charge in [0, 0.05) is 6.54 Å². The first-order valence-corrected chi connectivity index (χ1v) is 7.92. The Morgan fingerprint density at radius 2 is 2.32 bits per heavy atom. The van der Waals surface area contributed by atoms with Crippen LogP contribution in [0, 0.1) is 0 Å². The van der Waals surface area contributed by atoms with E-state index in [0.717, 1.165) is 24.2 Å². The number of aryl methyl sites for hydroxylation is 1. The molecule has 0 saturated carbocycles. The van der Waals surface area contributed by atoms with Crippen molar-refractivity contribution in [3.05, 3.63) is 35.4 Å². The molecule has 0 aliphatic carbocycles. The van der Waals surface area contributed by atoms with Crippen molar-refractivity contribution in [3.8, 4) is 0 Å². The van der Waals surface area contributed by atoms with Gasteiger partial charge in [-0.05, 0) is 36.1 Å². The van der Waals surface area contributed by atoms with Crippen molar-refractivity contribution in [1.29, 1.82) is 0 Å². The summed E-state index contributed by atoms with van der Waals surface area (Å²) < 4.78 is 0. The Kier molecular flexibility index (Phi) is 5.28. The highest BCUT2D eigenvalue weighted by Crippen LogP contribution is 2.36. The molecule has 4 heteroatoms. The first-order chi connectivity index (χ1) is 9.22. The third kappa shape index (κ3) is 3.74. The van der Waals surface area contributed by atoms with Gasteiger partial charge in [-0.1, -0.05) is 31.2 Å². The number of benzene rings is 1. The van der Waals surface area contributed by atoms with Crippen molar-refractivity contribution in [2.45, 2.75) is 37.5 Å². The Morgan fingerprint density at radius 3 is 3.11 bits per heavy atom. The summed E-state index contributed by atoms with van der Waals surface area (Å²) in [6.07, 6.45) is 2.09. The van der Waals surface area contributed by atoms with E-state index in [4.69, 9.17) is 0 Å². The van der Waals surface area contributed by atoms with Gasteiger partial charge in [-0.3, -0.25) is 4.79 Å². The minimum absolute atomic E-state index is 0.0699. The van der Waals surface area contributed by atoms with Crippen LogP contribution in [0.4, 0.5) is 0 Å². The fourth-order valence-electron chi connectivity index (χ4n) is 2.27. The lowest BCUT2D eigenvalue weighted by Crippen LogP contribution is -2.32. The second-order valence-corrected chi connectivity index (χ2v) is 6.05. The van der Waals surface area contributed by atoms with E-state index in [-0.39, 0.29) is 17.3 Å². The van der Waals surface area contributed by atoms with Crippen LogP contribution < -0.4 is 5.32 Å². The van der Waals surface area contributed by atoms with Crippen molar-refractivity contribution in [2.75, 3.05) is 12.3 Å². The summed E-state index contributed by atoms with van der Waals surface area (Å²) in [5, 5.41) is 12.3. The zero-order chi connectivity index (χ0) is 13.7. The summed E-state index contributed by atoms with van der Waals surface area (Å²) in [7, 11) is 0.